The first-order chi connectivity index (χ1) is 12.9. The molecule has 0 radical (unpaired) electrons. The van der Waals surface area contributed by atoms with Crippen LogP contribution in [0.1, 0.15) is 25.0 Å². The van der Waals surface area contributed by atoms with Crippen LogP contribution in [0.5, 0.6) is 0 Å². The van der Waals surface area contributed by atoms with Crippen molar-refractivity contribution in [3.05, 3.63) is 78.4 Å². The van der Waals surface area contributed by atoms with Gasteiger partial charge in [-0.05, 0) is 54.8 Å². The standard InChI is InChI=1S/C24H28N2O/c1-6-17(18-11-13-20(14-12-18)25(4)5)15-22-24(2,3)26-21-10-8-7-9-19(21)16-23(26)27-22/h6-15,22-23H,1,16H2,2-5H3. The van der Waals surface area contributed by atoms with Crippen molar-refractivity contribution in [1.29, 1.82) is 0 Å². The summed E-state index contributed by atoms with van der Waals surface area (Å²) in [6.45, 7) is 8.58. The van der Waals surface area contributed by atoms with Crippen LogP contribution < -0.4 is 9.80 Å². The molecule has 1 fully saturated rings. The Morgan fingerprint density at radius 1 is 1.15 bits per heavy atom. The topological polar surface area (TPSA) is 15.7 Å². The lowest BCUT2D eigenvalue weighted by molar-refractivity contribution is 0.0651. The number of anilines is 2. The molecule has 0 saturated carbocycles. The summed E-state index contributed by atoms with van der Waals surface area (Å²) in [7, 11) is 4.11. The van der Waals surface area contributed by atoms with Gasteiger partial charge in [0.15, 0.2) is 0 Å². The van der Waals surface area contributed by atoms with E-state index in [4.69, 9.17) is 4.74 Å². The number of benzene rings is 2. The Morgan fingerprint density at radius 3 is 2.52 bits per heavy atom. The van der Waals surface area contributed by atoms with Crippen LogP contribution in [0.2, 0.25) is 0 Å². The van der Waals surface area contributed by atoms with Gasteiger partial charge in [-0.25, -0.2) is 0 Å². The first-order valence-corrected chi connectivity index (χ1v) is 9.56. The second-order valence-corrected chi connectivity index (χ2v) is 8.14. The van der Waals surface area contributed by atoms with Crippen molar-refractivity contribution in [2.24, 2.45) is 0 Å². The predicted molar refractivity (Wildman–Crippen MR) is 114 cm³/mol. The molecule has 3 heteroatoms. The maximum Gasteiger partial charge on any atom is 0.135 e. The van der Waals surface area contributed by atoms with Crippen LogP contribution in [0, 0.1) is 0 Å². The van der Waals surface area contributed by atoms with Crippen LogP contribution in [0.15, 0.2) is 67.3 Å². The van der Waals surface area contributed by atoms with Gasteiger partial charge in [0.1, 0.15) is 12.3 Å². The molecule has 0 aromatic heterocycles. The molecule has 3 nitrogen and oxygen atoms in total. The molecule has 0 bridgehead atoms. The molecule has 2 heterocycles. The Bertz CT molecular complexity index is 880. The molecule has 0 N–H and O–H groups in total. The van der Waals surface area contributed by atoms with Crippen LogP contribution in [0.3, 0.4) is 0 Å². The van der Waals surface area contributed by atoms with E-state index in [1.807, 2.05) is 6.08 Å². The molecule has 1 saturated heterocycles. The van der Waals surface area contributed by atoms with E-state index in [-0.39, 0.29) is 17.9 Å². The fourth-order valence-corrected chi connectivity index (χ4v) is 4.26. The Morgan fingerprint density at radius 2 is 1.85 bits per heavy atom. The smallest absolute Gasteiger partial charge is 0.135 e. The minimum atomic E-state index is -0.116. The van der Waals surface area contributed by atoms with Crippen LogP contribution in [-0.2, 0) is 11.2 Å². The van der Waals surface area contributed by atoms with E-state index in [1.54, 1.807) is 0 Å². The highest BCUT2D eigenvalue weighted by Gasteiger charge is 2.50. The van der Waals surface area contributed by atoms with Gasteiger partial charge in [0, 0.05) is 31.9 Å². The molecule has 2 atom stereocenters. The van der Waals surface area contributed by atoms with Gasteiger partial charge in [0.25, 0.3) is 0 Å². The van der Waals surface area contributed by atoms with Crippen molar-refractivity contribution >= 4 is 16.9 Å². The lowest BCUT2D eigenvalue weighted by Crippen LogP contribution is -2.45. The molecule has 2 aromatic carbocycles. The summed E-state index contributed by atoms with van der Waals surface area (Å²) in [6, 6.07) is 17.2. The molecule has 4 rings (SSSR count). The van der Waals surface area contributed by atoms with Crippen LogP contribution >= 0.6 is 0 Å². The lowest BCUT2D eigenvalue weighted by Gasteiger charge is -2.34. The second kappa shape index (κ2) is 6.58. The summed E-state index contributed by atoms with van der Waals surface area (Å²) in [5, 5.41) is 0. The number of allylic oxidation sites excluding steroid dienone is 2. The minimum Gasteiger partial charge on any atom is -0.378 e. The van der Waals surface area contributed by atoms with Crippen molar-refractivity contribution in [1.82, 2.24) is 0 Å². The Hall–Kier alpha value is -2.52. The average molecular weight is 361 g/mol. The third-order valence-electron chi connectivity index (χ3n) is 5.82. The summed E-state index contributed by atoms with van der Waals surface area (Å²) in [5.41, 5.74) is 6.04. The highest BCUT2D eigenvalue weighted by molar-refractivity contribution is 5.75. The SMILES string of the molecule is C=CC(=CC1OC2Cc3ccccc3N2C1(C)C)c1ccc(N(C)C)cc1. The van der Waals surface area contributed by atoms with Crippen molar-refractivity contribution < 1.29 is 4.74 Å². The summed E-state index contributed by atoms with van der Waals surface area (Å²) in [4.78, 5) is 4.55. The highest BCUT2D eigenvalue weighted by atomic mass is 16.5. The summed E-state index contributed by atoms with van der Waals surface area (Å²) < 4.78 is 6.49. The fraction of sp³-hybridized carbons (Fsp3) is 0.333. The van der Waals surface area contributed by atoms with Gasteiger partial charge in [0.05, 0.1) is 5.54 Å². The molecule has 2 unspecified atom stereocenters. The molecule has 2 aliphatic rings. The van der Waals surface area contributed by atoms with Gasteiger partial charge in [-0.15, -0.1) is 0 Å². The zero-order chi connectivity index (χ0) is 19.2. The summed E-state index contributed by atoms with van der Waals surface area (Å²) >= 11 is 0. The number of hydrogen-bond acceptors (Lipinski definition) is 3. The number of nitrogens with zero attached hydrogens (tertiary/aromatic N) is 2. The quantitative estimate of drug-likeness (QED) is 0.722. The average Bonchev–Trinajstić information content (AvgIpc) is 3.14. The van der Waals surface area contributed by atoms with Crippen LogP contribution in [-0.4, -0.2) is 32.0 Å². The first kappa shape index (κ1) is 17.9. The Balaban J connectivity index is 1.64. The molecule has 2 aliphatic heterocycles. The number of hydrogen-bond donors (Lipinski definition) is 0. The van der Waals surface area contributed by atoms with E-state index < -0.39 is 0 Å². The van der Waals surface area contributed by atoms with Gasteiger partial charge in [-0.1, -0.05) is 43.0 Å². The molecule has 0 aliphatic carbocycles. The number of fused-ring (bicyclic) bond motifs is 3. The van der Waals surface area contributed by atoms with E-state index in [9.17, 15) is 0 Å². The Kier molecular flexibility index (Phi) is 4.35. The second-order valence-electron chi connectivity index (χ2n) is 8.14. The predicted octanol–water partition coefficient (Wildman–Crippen LogP) is 4.89. The summed E-state index contributed by atoms with van der Waals surface area (Å²) in [6.07, 6.45) is 5.24. The minimum absolute atomic E-state index is 0.0115. The van der Waals surface area contributed by atoms with Gasteiger partial charge in [-0.3, -0.25) is 0 Å². The molecule has 0 spiro atoms. The molecular weight excluding hydrogens is 332 g/mol. The van der Waals surface area contributed by atoms with Crippen molar-refractivity contribution in [2.45, 2.75) is 38.1 Å². The van der Waals surface area contributed by atoms with E-state index in [0.29, 0.717) is 0 Å². The van der Waals surface area contributed by atoms with E-state index >= 15 is 0 Å². The largest absolute Gasteiger partial charge is 0.378 e. The maximum absolute atomic E-state index is 6.49. The van der Waals surface area contributed by atoms with Gasteiger partial charge >= 0.3 is 0 Å². The Labute approximate surface area is 162 Å². The molecular formula is C24H28N2O. The van der Waals surface area contributed by atoms with Crippen molar-refractivity contribution in [3.63, 3.8) is 0 Å². The molecule has 2 aromatic rings. The molecule has 140 valence electrons. The zero-order valence-electron chi connectivity index (χ0n) is 16.6. The number of para-hydroxylation sites is 1. The number of rotatable bonds is 4. The van der Waals surface area contributed by atoms with Gasteiger partial charge in [0.2, 0.25) is 0 Å². The van der Waals surface area contributed by atoms with Crippen LogP contribution in [0.25, 0.3) is 5.57 Å². The first-order valence-electron chi connectivity index (χ1n) is 9.56. The third kappa shape index (κ3) is 2.96. The van der Waals surface area contributed by atoms with E-state index in [1.165, 1.54) is 22.5 Å². The van der Waals surface area contributed by atoms with Crippen molar-refractivity contribution in [3.8, 4) is 0 Å². The lowest BCUT2D eigenvalue weighted by atomic mass is 9.92. The summed E-state index contributed by atoms with van der Waals surface area (Å²) in [5.74, 6) is 0. The van der Waals surface area contributed by atoms with Crippen LogP contribution in [0.4, 0.5) is 11.4 Å². The number of ether oxygens (including phenoxy) is 1. The van der Waals surface area contributed by atoms with Crippen molar-refractivity contribution in [2.75, 3.05) is 23.9 Å². The van der Waals surface area contributed by atoms with E-state index in [0.717, 1.165) is 12.0 Å². The van der Waals surface area contributed by atoms with Gasteiger partial charge < -0.3 is 14.5 Å². The fourth-order valence-electron chi connectivity index (χ4n) is 4.26. The highest BCUT2D eigenvalue weighted by Crippen LogP contribution is 2.46. The third-order valence-corrected chi connectivity index (χ3v) is 5.82. The maximum atomic E-state index is 6.49. The normalized spacial score (nSPS) is 23.1. The monoisotopic (exact) mass is 360 g/mol. The van der Waals surface area contributed by atoms with E-state index in [2.05, 4.69) is 98.9 Å². The van der Waals surface area contributed by atoms with Gasteiger partial charge in [-0.2, -0.15) is 0 Å². The molecule has 27 heavy (non-hydrogen) atoms. The molecule has 0 amide bonds. The zero-order valence-corrected chi connectivity index (χ0v) is 16.6.